The summed E-state index contributed by atoms with van der Waals surface area (Å²) >= 11 is 0. The lowest BCUT2D eigenvalue weighted by Gasteiger charge is -2.19. The van der Waals surface area contributed by atoms with E-state index in [9.17, 15) is 9.90 Å². The number of hydrogen-bond donors (Lipinski definition) is 1. The van der Waals surface area contributed by atoms with E-state index >= 15 is 0 Å². The van der Waals surface area contributed by atoms with Crippen molar-refractivity contribution in [2.45, 2.75) is 40.0 Å². The number of rotatable bonds is 3. The van der Waals surface area contributed by atoms with Gasteiger partial charge in [-0.3, -0.25) is 4.79 Å². The molecule has 1 aliphatic carbocycles. The fourth-order valence-corrected chi connectivity index (χ4v) is 3.11. The summed E-state index contributed by atoms with van der Waals surface area (Å²) in [5.41, 5.74) is 5.99. The standard InChI is InChI=1S/C16H22O3/c1-10-5-12-7-16(3,9-17)8-14(12)11(2)13(10)6-15(18)19-4/h5,17H,6-9H2,1-4H3/t16-/m1/s1. The minimum absolute atomic E-state index is 0.0522. The van der Waals surface area contributed by atoms with E-state index in [4.69, 9.17) is 4.74 Å². The minimum Gasteiger partial charge on any atom is -0.469 e. The maximum absolute atomic E-state index is 11.5. The van der Waals surface area contributed by atoms with E-state index in [0.717, 1.165) is 24.0 Å². The van der Waals surface area contributed by atoms with Gasteiger partial charge in [0.2, 0.25) is 0 Å². The number of benzene rings is 1. The van der Waals surface area contributed by atoms with Crippen LogP contribution >= 0.6 is 0 Å². The Hall–Kier alpha value is -1.35. The molecule has 0 amide bonds. The molecule has 0 aromatic heterocycles. The van der Waals surface area contributed by atoms with E-state index < -0.39 is 0 Å². The molecule has 0 unspecified atom stereocenters. The van der Waals surface area contributed by atoms with E-state index in [2.05, 4.69) is 19.9 Å². The van der Waals surface area contributed by atoms with Crippen molar-refractivity contribution in [2.75, 3.05) is 13.7 Å². The van der Waals surface area contributed by atoms with E-state index in [-0.39, 0.29) is 18.0 Å². The van der Waals surface area contributed by atoms with E-state index in [1.165, 1.54) is 23.8 Å². The fraction of sp³-hybridized carbons (Fsp3) is 0.562. The Kier molecular flexibility index (Phi) is 3.68. The Bertz CT molecular complexity index is 519. The molecule has 0 bridgehead atoms. The third-order valence-electron chi connectivity index (χ3n) is 4.31. The SMILES string of the molecule is COC(=O)Cc1c(C)cc2c(c1C)C[C@](C)(CO)C2. The van der Waals surface area contributed by atoms with Gasteiger partial charge in [0, 0.05) is 6.61 Å². The van der Waals surface area contributed by atoms with Gasteiger partial charge in [-0.15, -0.1) is 0 Å². The number of esters is 1. The monoisotopic (exact) mass is 262 g/mol. The normalized spacial score (nSPS) is 21.3. The zero-order chi connectivity index (χ0) is 14.2. The van der Waals surface area contributed by atoms with Gasteiger partial charge in [0.15, 0.2) is 0 Å². The first-order valence-corrected chi connectivity index (χ1v) is 6.68. The molecule has 0 spiro atoms. The summed E-state index contributed by atoms with van der Waals surface area (Å²) in [7, 11) is 1.42. The number of fused-ring (bicyclic) bond motifs is 1. The van der Waals surface area contributed by atoms with Crippen LogP contribution in [-0.2, 0) is 28.8 Å². The number of methoxy groups -OCH3 is 1. The number of aryl methyl sites for hydroxylation is 1. The number of carbonyl (C=O) groups is 1. The largest absolute Gasteiger partial charge is 0.469 e. The van der Waals surface area contributed by atoms with Gasteiger partial charge >= 0.3 is 5.97 Å². The van der Waals surface area contributed by atoms with Gasteiger partial charge in [-0.1, -0.05) is 13.0 Å². The van der Waals surface area contributed by atoms with Gasteiger partial charge in [-0.25, -0.2) is 0 Å². The highest BCUT2D eigenvalue weighted by molar-refractivity contribution is 5.74. The molecule has 104 valence electrons. The van der Waals surface area contributed by atoms with Crippen LogP contribution in [0.4, 0.5) is 0 Å². The number of hydrogen-bond acceptors (Lipinski definition) is 3. The lowest BCUT2D eigenvalue weighted by atomic mass is 9.88. The molecule has 1 aromatic carbocycles. The third kappa shape index (κ3) is 2.52. The smallest absolute Gasteiger partial charge is 0.309 e. The molecule has 0 saturated heterocycles. The summed E-state index contributed by atoms with van der Waals surface area (Å²) in [4.78, 5) is 11.5. The molecule has 19 heavy (non-hydrogen) atoms. The number of ether oxygens (including phenoxy) is 1. The van der Waals surface area contributed by atoms with Crippen molar-refractivity contribution >= 4 is 5.97 Å². The van der Waals surface area contributed by atoms with Gasteiger partial charge in [-0.05, 0) is 59.9 Å². The summed E-state index contributed by atoms with van der Waals surface area (Å²) in [6.07, 6.45) is 2.13. The van der Waals surface area contributed by atoms with Crippen molar-refractivity contribution in [1.29, 1.82) is 0 Å². The number of aliphatic hydroxyl groups excluding tert-OH is 1. The maximum atomic E-state index is 11.5. The topological polar surface area (TPSA) is 46.5 Å². The number of aliphatic hydroxyl groups is 1. The molecule has 0 aliphatic heterocycles. The zero-order valence-electron chi connectivity index (χ0n) is 12.2. The molecule has 1 N–H and O–H groups in total. The second-order valence-electron chi connectivity index (χ2n) is 6.01. The number of carbonyl (C=O) groups excluding carboxylic acids is 1. The molecule has 2 rings (SSSR count). The quantitative estimate of drug-likeness (QED) is 0.849. The van der Waals surface area contributed by atoms with Crippen molar-refractivity contribution in [2.24, 2.45) is 5.41 Å². The highest BCUT2D eigenvalue weighted by atomic mass is 16.5. The van der Waals surface area contributed by atoms with Gasteiger partial charge in [0.05, 0.1) is 13.5 Å². The maximum Gasteiger partial charge on any atom is 0.309 e. The van der Waals surface area contributed by atoms with Gasteiger partial charge in [0.1, 0.15) is 0 Å². The molecule has 0 saturated carbocycles. The first kappa shape index (κ1) is 14.1. The molecule has 0 radical (unpaired) electrons. The van der Waals surface area contributed by atoms with Crippen LogP contribution in [0.15, 0.2) is 6.07 Å². The van der Waals surface area contributed by atoms with Crippen LogP contribution < -0.4 is 0 Å². The lowest BCUT2D eigenvalue weighted by Crippen LogP contribution is -2.21. The molecule has 3 heteroatoms. The molecule has 1 atom stereocenters. The third-order valence-corrected chi connectivity index (χ3v) is 4.31. The minimum atomic E-state index is -0.200. The van der Waals surface area contributed by atoms with Crippen LogP contribution in [0.1, 0.15) is 34.7 Å². The summed E-state index contributed by atoms with van der Waals surface area (Å²) in [6.45, 7) is 6.43. The summed E-state index contributed by atoms with van der Waals surface area (Å²) in [5, 5.41) is 9.54. The van der Waals surface area contributed by atoms with E-state index in [1.807, 2.05) is 6.92 Å². The molecule has 1 aromatic rings. The van der Waals surface area contributed by atoms with Gasteiger partial charge in [-0.2, -0.15) is 0 Å². The fourth-order valence-electron chi connectivity index (χ4n) is 3.11. The van der Waals surface area contributed by atoms with Crippen LogP contribution in [0.5, 0.6) is 0 Å². The summed E-state index contributed by atoms with van der Waals surface area (Å²) in [5.74, 6) is -0.200. The Morgan fingerprint density at radius 2 is 2.11 bits per heavy atom. The molecular weight excluding hydrogens is 240 g/mol. The Morgan fingerprint density at radius 1 is 1.42 bits per heavy atom. The van der Waals surface area contributed by atoms with Crippen molar-refractivity contribution in [1.82, 2.24) is 0 Å². The van der Waals surface area contributed by atoms with Crippen molar-refractivity contribution in [3.8, 4) is 0 Å². The first-order valence-electron chi connectivity index (χ1n) is 6.68. The second-order valence-corrected chi connectivity index (χ2v) is 6.01. The zero-order valence-corrected chi connectivity index (χ0v) is 12.2. The van der Waals surface area contributed by atoms with Gasteiger partial charge < -0.3 is 9.84 Å². The van der Waals surface area contributed by atoms with Crippen LogP contribution in [0.2, 0.25) is 0 Å². The van der Waals surface area contributed by atoms with E-state index in [0.29, 0.717) is 6.42 Å². The summed E-state index contributed by atoms with van der Waals surface area (Å²) < 4.78 is 4.77. The predicted molar refractivity (Wildman–Crippen MR) is 74.2 cm³/mol. The van der Waals surface area contributed by atoms with Crippen molar-refractivity contribution < 1.29 is 14.6 Å². The Balaban J connectivity index is 2.42. The lowest BCUT2D eigenvalue weighted by molar-refractivity contribution is -0.139. The Morgan fingerprint density at radius 3 is 2.68 bits per heavy atom. The Labute approximate surface area is 114 Å². The van der Waals surface area contributed by atoms with Crippen molar-refractivity contribution in [3.05, 3.63) is 33.9 Å². The van der Waals surface area contributed by atoms with Crippen LogP contribution in [0.3, 0.4) is 0 Å². The molecule has 3 nitrogen and oxygen atoms in total. The molecule has 0 fully saturated rings. The molecule has 0 heterocycles. The predicted octanol–water partition coefficient (Wildman–Crippen LogP) is 2.12. The van der Waals surface area contributed by atoms with Gasteiger partial charge in [0.25, 0.3) is 0 Å². The average Bonchev–Trinajstić information content (AvgIpc) is 2.72. The molecular formula is C16H22O3. The van der Waals surface area contributed by atoms with Crippen molar-refractivity contribution in [3.63, 3.8) is 0 Å². The van der Waals surface area contributed by atoms with E-state index in [1.54, 1.807) is 0 Å². The highest BCUT2D eigenvalue weighted by Crippen LogP contribution is 2.39. The van der Waals surface area contributed by atoms with Crippen LogP contribution in [0, 0.1) is 19.3 Å². The first-order chi connectivity index (χ1) is 8.90. The van der Waals surface area contributed by atoms with Crippen LogP contribution in [0.25, 0.3) is 0 Å². The summed E-state index contributed by atoms with van der Waals surface area (Å²) in [6, 6.07) is 2.17. The average molecular weight is 262 g/mol. The molecule has 1 aliphatic rings. The second kappa shape index (κ2) is 4.97. The van der Waals surface area contributed by atoms with Crippen LogP contribution in [-0.4, -0.2) is 24.8 Å². The highest BCUT2D eigenvalue weighted by Gasteiger charge is 2.34.